The Morgan fingerprint density at radius 3 is 3.00 bits per heavy atom. The molecule has 1 heterocycles. The lowest BCUT2D eigenvalue weighted by molar-refractivity contribution is 1.26. The molecule has 2 nitrogen and oxygen atoms in total. The van der Waals surface area contributed by atoms with Crippen LogP contribution in [0.4, 0.5) is 5.13 Å². The van der Waals surface area contributed by atoms with Gasteiger partial charge in [0.1, 0.15) is 0 Å². The molecule has 5 heteroatoms. The van der Waals surface area contributed by atoms with Crippen molar-refractivity contribution in [2.24, 2.45) is 0 Å². The molecule has 78 valence electrons. The number of nitrogen functional groups attached to an aromatic ring is 1. The normalized spacial score (nSPS) is 17.0. The smallest absolute Gasteiger partial charge is 0.181 e. The molecule has 0 aromatic carbocycles. The summed E-state index contributed by atoms with van der Waals surface area (Å²) in [6.07, 6.45) is 6.94. The highest BCUT2D eigenvalue weighted by Crippen LogP contribution is 2.28. The summed E-state index contributed by atoms with van der Waals surface area (Å²) in [7, 11) is 0. The fourth-order valence-electron chi connectivity index (χ4n) is 1.78. The minimum Gasteiger partial charge on any atom is -0.375 e. The van der Waals surface area contributed by atoms with Gasteiger partial charge in [0, 0.05) is 5.03 Å². The van der Waals surface area contributed by atoms with Crippen molar-refractivity contribution >= 4 is 63.7 Å². The van der Waals surface area contributed by atoms with Crippen LogP contribution in [0.5, 0.6) is 0 Å². The van der Waals surface area contributed by atoms with Crippen molar-refractivity contribution in [3.8, 4) is 0 Å². The van der Waals surface area contributed by atoms with Crippen molar-refractivity contribution < 1.29 is 0 Å². The molecule has 0 saturated carbocycles. The highest BCUT2D eigenvalue weighted by Gasteiger charge is 2.16. The van der Waals surface area contributed by atoms with Gasteiger partial charge in [0.05, 0.1) is 9.88 Å². The first-order chi connectivity index (χ1) is 6.74. The van der Waals surface area contributed by atoms with Crippen LogP contribution >= 0.6 is 46.9 Å². The van der Waals surface area contributed by atoms with E-state index in [1.807, 2.05) is 12.2 Å². The van der Waals surface area contributed by atoms with E-state index in [4.69, 9.17) is 17.3 Å². The molecule has 1 aromatic rings. The summed E-state index contributed by atoms with van der Waals surface area (Å²) < 4.78 is 1.16. The number of aromatic nitrogens is 1. The van der Waals surface area contributed by atoms with E-state index in [0.29, 0.717) is 5.13 Å². The third-order valence-electron chi connectivity index (χ3n) is 2.39. The zero-order valence-electron chi connectivity index (χ0n) is 7.66. The van der Waals surface area contributed by atoms with E-state index in [1.54, 1.807) is 0 Å². The third kappa shape index (κ3) is 1.74. The molecular formula is C10H8ClIN2S. The molecule has 1 aromatic heterocycles. The molecule has 2 aliphatic rings. The summed E-state index contributed by atoms with van der Waals surface area (Å²) in [6, 6.07) is 0. The molecule has 0 aliphatic heterocycles. The number of rotatable bonds is 0. The van der Waals surface area contributed by atoms with Gasteiger partial charge < -0.3 is 5.73 Å². The van der Waals surface area contributed by atoms with Crippen molar-refractivity contribution in [1.29, 1.82) is 0 Å². The largest absolute Gasteiger partial charge is 0.375 e. The van der Waals surface area contributed by atoms with Crippen molar-refractivity contribution in [1.82, 2.24) is 4.98 Å². The van der Waals surface area contributed by atoms with E-state index in [-0.39, 0.29) is 24.0 Å². The maximum atomic E-state index is 5.93. The zero-order chi connectivity index (χ0) is 9.71. The first-order valence-electron chi connectivity index (χ1n) is 4.29. The van der Waals surface area contributed by atoms with E-state index >= 15 is 0 Å². The second-order valence-electron chi connectivity index (χ2n) is 3.28. The number of hydrogen-bond donors (Lipinski definition) is 1. The third-order valence-corrected chi connectivity index (χ3v) is 3.48. The van der Waals surface area contributed by atoms with E-state index < -0.39 is 0 Å². The van der Waals surface area contributed by atoms with Gasteiger partial charge in [0.25, 0.3) is 0 Å². The highest BCUT2D eigenvalue weighted by molar-refractivity contribution is 14.0. The number of fused-ring (bicyclic) bond motifs is 2. The quantitative estimate of drug-likeness (QED) is 0.724. The van der Waals surface area contributed by atoms with Gasteiger partial charge in [-0.1, -0.05) is 29.0 Å². The van der Waals surface area contributed by atoms with Crippen LogP contribution in [-0.4, -0.2) is 4.98 Å². The maximum absolute atomic E-state index is 5.93. The van der Waals surface area contributed by atoms with E-state index in [2.05, 4.69) is 11.1 Å². The van der Waals surface area contributed by atoms with Gasteiger partial charge in [0.15, 0.2) is 5.13 Å². The number of allylic oxidation sites excluding steroid dienone is 4. The highest BCUT2D eigenvalue weighted by atomic mass is 127. The van der Waals surface area contributed by atoms with Crippen LogP contribution in [0.15, 0.2) is 22.8 Å². The SMILES string of the molecule is I.Nc1nc2c(s1)=CC1=CC(Cl)=CCC=21. The Morgan fingerprint density at radius 1 is 1.40 bits per heavy atom. The van der Waals surface area contributed by atoms with E-state index in [1.165, 1.54) is 22.5 Å². The first-order valence-corrected chi connectivity index (χ1v) is 5.48. The summed E-state index contributed by atoms with van der Waals surface area (Å²) in [5.74, 6) is 0. The molecule has 0 unspecified atom stereocenters. The average molecular weight is 351 g/mol. The van der Waals surface area contributed by atoms with Gasteiger partial charge in [-0.15, -0.1) is 24.0 Å². The lowest BCUT2D eigenvalue weighted by Crippen LogP contribution is -2.19. The van der Waals surface area contributed by atoms with Gasteiger partial charge in [0.2, 0.25) is 0 Å². The van der Waals surface area contributed by atoms with Crippen LogP contribution in [0.1, 0.15) is 6.42 Å². The molecule has 0 radical (unpaired) electrons. The molecule has 2 aliphatic carbocycles. The van der Waals surface area contributed by atoms with Gasteiger partial charge in [-0.3, -0.25) is 0 Å². The number of thiazole rings is 1. The van der Waals surface area contributed by atoms with Gasteiger partial charge in [-0.2, -0.15) is 0 Å². The molecule has 3 rings (SSSR count). The molecule has 0 atom stereocenters. The fourth-order valence-corrected chi connectivity index (χ4v) is 2.79. The Morgan fingerprint density at radius 2 is 2.20 bits per heavy atom. The number of hydrogen-bond acceptors (Lipinski definition) is 3. The minimum atomic E-state index is 0. The standard InChI is InChI=1S/C10H7ClN2S.HI/c11-6-1-2-7-5(3-6)4-8-9(7)13-10(12)14-8;/h1,3-4H,2H2,(H2,12,13);1H. The molecule has 0 bridgehead atoms. The fraction of sp³-hybridized carbons (Fsp3) is 0.100. The van der Waals surface area contributed by atoms with Crippen LogP contribution in [0, 0.1) is 0 Å². The molecular weight excluding hydrogens is 343 g/mol. The van der Waals surface area contributed by atoms with E-state index in [9.17, 15) is 0 Å². The van der Waals surface area contributed by atoms with Crippen LogP contribution in [0.25, 0.3) is 11.6 Å². The van der Waals surface area contributed by atoms with Crippen LogP contribution in [0.2, 0.25) is 0 Å². The Labute approximate surface area is 113 Å². The lowest BCUT2D eigenvalue weighted by atomic mass is 10.0. The summed E-state index contributed by atoms with van der Waals surface area (Å²) in [5, 5.41) is 2.49. The van der Waals surface area contributed by atoms with Gasteiger partial charge in [-0.05, 0) is 29.7 Å². The lowest BCUT2D eigenvalue weighted by Gasteiger charge is -2.07. The molecule has 15 heavy (non-hydrogen) atoms. The Kier molecular flexibility index (Phi) is 2.92. The molecule has 0 fully saturated rings. The Hall–Kier alpha value is -0.330. The zero-order valence-corrected chi connectivity index (χ0v) is 11.6. The summed E-state index contributed by atoms with van der Waals surface area (Å²) in [6.45, 7) is 0. The summed E-state index contributed by atoms with van der Waals surface area (Å²) in [5.41, 5.74) is 8.09. The molecule has 0 saturated heterocycles. The number of halogens is 2. The van der Waals surface area contributed by atoms with Gasteiger partial charge >= 0.3 is 0 Å². The summed E-state index contributed by atoms with van der Waals surface area (Å²) in [4.78, 5) is 4.32. The predicted molar refractivity (Wildman–Crippen MR) is 75.7 cm³/mol. The number of nitrogens with zero attached hydrogens (tertiary/aromatic N) is 1. The topological polar surface area (TPSA) is 38.9 Å². The molecule has 2 N–H and O–H groups in total. The van der Waals surface area contributed by atoms with Crippen LogP contribution < -0.4 is 15.6 Å². The maximum Gasteiger partial charge on any atom is 0.181 e. The van der Waals surface area contributed by atoms with Crippen molar-refractivity contribution in [3.05, 3.63) is 32.6 Å². The van der Waals surface area contributed by atoms with Crippen molar-refractivity contribution in [2.45, 2.75) is 6.42 Å². The molecule has 0 spiro atoms. The van der Waals surface area contributed by atoms with Crippen molar-refractivity contribution in [3.63, 3.8) is 0 Å². The Balaban J connectivity index is 0.000000853. The van der Waals surface area contributed by atoms with Crippen molar-refractivity contribution in [2.75, 3.05) is 5.73 Å². The molecule has 0 amide bonds. The number of anilines is 1. The monoisotopic (exact) mass is 350 g/mol. The second kappa shape index (κ2) is 3.92. The average Bonchev–Trinajstić information content (AvgIpc) is 2.59. The van der Waals surface area contributed by atoms with Crippen LogP contribution in [0.3, 0.4) is 0 Å². The Bertz CT molecular complexity index is 597. The summed E-state index contributed by atoms with van der Waals surface area (Å²) >= 11 is 7.46. The van der Waals surface area contributed by atoms with Crippen LogP contribution in [-0.2, 0) is 0 Å². The minimum absolute atomic E-state index is 0. The predicted octanol–water partition coefficient (Wildman–Crippen LogP) is 1.74. The first kappa shape index (κ1) is 11.2. The second-order valence-corrected chi connectivity index (χ2v) is 4.78. The van der Waals surface area contributed by atoms with E-state index in [0.717, 1.165) is 21.3 Å². The van der Waals surface area contributed by atoms with Gasteiger partial charge in [-0.25, -0.2) is 4.98 Å². The number of nitrogens with two attached hydrogens (primary N) is 1.